The summed E-state index contributed by atoms with van der Waals surface area (Å²) in [7, 11) is -1.59. The van der Waals surface area contributed by atoms with E-state index in [2.05, 4.69) is 4.72 Å². The molecule has 1 saturated carbocycles. The standard InChI is InChI=1S/C14H21NO4S/c1-14(7-8-14)20(16,17)15-11-12-3-5-13(6-4-12)19-10-9-18-2/h3-6,15H,7-11H2,1-2H3. The number of hydrogen-bond donors (Lipinski definition) is 1. The lowest BCUT2D eigenvalue weighted by Crippen LogP contribution is -2.33. The highest BCUT2D eigenvalue weighted by molar-refractivity contribution is 7.91. The maximum atomic E-state index is 12.0. The van der Waals surface area contributed by atoms with Crippen LogP contribution in [0.3, 0.4) is 0 Å². The van der Waals surface area contributed by atoms with Gasteiger partial charge in [-0.15, -0.1) is 0 Å². The van der Waals surface area contributed by atoms with Gasteiger partial charge >= 0.3 is 0 Å². The lowest BCUT2D eigenvalue weighted by atomic mass is 10.2. The first-order valence-corrected chi connectivity index (χ1v) is 8.15. The zero-order valence-corrected chi connectivity index (χ0v) is 12.7. The quantitative estimate of drug-likeness (QED) is 0.742. The van der Waals surface area contributed by atoms with Crippen LogP contribution < -0.4 is 9.46 Å². The Balaban J connectivity index is 1.85. The molecule has 0 amide bonds. The van der Waals surface area contributed by atoms with Gasteiger partial charge < -0.3 is 9.47 Å². The maximum absolute atomic E-state index is 12.0. The largest absolute Gasteiger partial charge is 0.491 e. The molecule has 1 fully saturated rings. The summed E-state index contributed by atoms with van der Waals surface area (Å²) in [4.78, 5) is 0. The smallest absolute Gasteiger partial charge is 0.217 e. The highest BCUT2D eigenvalue weighted by Gasteiger charge is 2.49. The molecule has 0 heterocycles. The van der Waals surface area contributed by atoms with Crippen molar-refractivity contribution in [1.82, 2.24) is 4.72 Å². The fourth-order valence-electron chi connectivity index (χ4n) is 1.74. The lowest BCUT2D eigenvalue weighted by molar-refractivity contribution is 0.146. The maximum Gasteiger partial charge on any atom is 0.217 e. The topological polar surface area (TPSA) is 64.6 Å². The molecule has 0 aromatic heterocycles. The van der Waals surface area contributed by atoms with Gasteiger partial charge in [0.25, 0.3) is 0 Å². The van der Waals surface area contributed by atoms with Crippen LogP contribution in [0.2, 0.25) is 0 Å². The third kappa shape index (κ3) is 3.71. The molecule has 1 aliphatic carbocycles. The van der Waals surface area contributed by atoms with Crippen molar-refractivity contribution in [1.29, 1.82) is 0 Å². The Kier molecular flexibility index (Phi) is 4.67. The Bertz CT molecular complexity index is 535. The molecule has 5 nitrogen and oxygen atoms in total. The van der Waals surface area contributed by atoms with Crippen LogP contribution >= 0.6 is 0 Å². The highest BCUT2D eigenvalue weighted by Crippen LogP contribution is 2.42. The predicted molar refractivity (Wildman–Crippen MR) is 77.2 cm³/mol. The van der Waals surface area contributed by atoms with E-state index in [1.165, 1.54) is 0 Å². The van der Waals surface area contributed by atoms with Crippen LogP contribution in [-0.2, 0) is 21.3 Å². The van der Waals surface area contributed by atoms with E-state index in [1.807, 2.05) is 24.3 Å². The average molecular weight is 299 g/mol. The number of benzene rings is 1. The highest BCUT2D eigenvalue weighted by atomic mass is 32.2. The van der Waals surface area contributed by atoms with E-state index >= 15 is 0 Å². The van der Waals surface area contributed by atoms with Gasteiger partial charge in [0.05, 0.1) is 11.4 Å². The van der Waals surface area contributed by atoms with Crippen LogP contribution in [0.5, 0.6) is 5.75 Å². The first-order valence-electron chi connectivity index (χ1n) is 6.67. The van der Waals surface area contributed by atoms with Crippen molar-refractivity contribution in [2.75, 3.05) is 20.3 Å². The minimum atomic E-state index is -3.21. The van der Waals surface area contributed by atoms with Crippen molar-refractivity contribution in [2.45, 2.75) is 31.1 Å². The third-order valence-electron chi connectivity index (χ3n) is 3.55. The molecule has 0 spiro atoms. The Morgan fingerprint density at radius 2 is 1.85 bits per heavy atom. The van der Waals surface area contributed by atoms with Crippen molar-refractivity contribution in [2.24, 2.45) is 0 Å². The molecule has 1 aliphatic rings. The number of ether oxygens (including phenoxy) is 2. The van der Waals surface area contributed by atoms with E-state index in [-0.39, 0.29) is 0 Å². The molecule has 1 aromatic rings. The summed E-state index contributed by atoms with van der Waals surface area (Å²) in [6.45, 7) is 3.14. The van der Waals surface area contributed by atoms with Gasteiger partial charge in [0, 0.05) is 13.7 Å². The van der Waals surface area contributed by atoms with Crippen LogP contribution in [0, 0.1) is 0 Å². The molecular weight excluding hydrogens is 278 g/mol. The summed E-state index contributed by atoms with van der Waals surface area (Å²) in [5.41, 5.74) is 0.914. The molecule has 2 rings (SSSR count). The van der Waals surface area contributed by atoms with Gasteiger partial charge in [-0.2, -0.15) is 0 Å². The van der Waals surface area contributed by atoms with Crippen LogP contribution in [0.15, 0.2) is 24.3 Å². The van der Waals surface area contributed by atoms with Crippen LogP contribution in [-0.4, -0.2) is 33.5 Å². The van der Waals surface area contributed by atoms with Crippen molar-refractivity contribution in [3.05, 3.63) is 29.8 Å². The van der Waals surface area contributed by atoms with E-state index in [1.54, 1.807) is 14.0 Å². The number of sulfonamides is 1. The third-order valence-corrected chi connectivity index (χ3v) is 5.78. The number of hydrogen-bond acceptors (Lipinski definition) is 4. The molecule has 0 aliphatic heterocycles. The lowest BCUT2D eigenvalue weighted by Gasteiger charge is -2.12. The van der Waals surface area contributed by atoms with Crippen LogP contribution in [0.25, 0.3) is 0 Å². The van der Waals surface area contributed by atoms with Crippen LogP contribution in [0.4, 0.5) is 0 Å². The Labute approximate surface area is 120 Å². The Hall–Kier alpha value is -1.11. The predicted octanol–water partition coefficient (Wildman–Crippen LogP) is 1.68. The van der Waals surface area contributed by atoms with Gasteiger partial charge in [-0.05, 0) is 37.5 Å². The van der Waals surface area contributed by atoms with Gasteiger partial charge in [0.2, 0.25) is 10.0 Å². The first kappa shape index (κ1) is 15.3. The second kappa shape index (κ2) is 6.11. The average Bonchev–Trinajstić information content (AvgIpc) is 3.18. The van der Waals surface area contributed by atoms with Gasteiger partial charge in [-0.3, -0.25) is 0 Å². The van der Waals surface area contributed by atoms with E-state index in [9.17, 15) is 8.42 Å². The van der Waals surface area contributed by atoms with Crippen molar-refractivity contribution in [3.8, 4) is 5.75 Å². The molecule has 112 valence electrons. The van der Waals surface area contributed by atoms with Crippen molar-refractivity contribution >= 4 is 10.0 Å². The summed E-state index contributed by atoms with van der Waals surface area (Å²) in [6, 6.07) is 7.38. The summed E-state index contributed by atoms with van der Waals surface area (Å²) >= 11 is 0. The molecule has 0 radical (unpaired) electrons. The van der Waals surface area contributed by atoms with E-state index < -0.39 is 14.8 Å². The van der Waals surface area contributed by atoms with E-state index in [0.29, 0.717) is 19.8 Å². The molecule has 0 unspecified atom stereocenters. The van der Waals surface area contributed by atoms with Gasteiger partial charge in [0.15, 0.2) is 0 Å². The molecule has 0 bridgehead atoms. The molecular formula is C14H21NO4S. The number of nitrogens with one attached hydrogen (secondary N) is 1. The second-order valence-corrected chi connectivity index (χ2v) is 7.54. The number of methoxy groups -OCH3 is 1. The fraction of sp³-hybridized carbons (Fsp3) is 0.571. The van der Waals surface area contributed by atoms with Gasteiger partial charge in [0.1, 0.15) is 12.4 Å². The van der Waals surface area contributed by atoms with Gasteiger partial charge in [-0.25, -0.2) is 13.1 Å². The van der Waals surface area contributed by atoms with Gasteiger partial charge in [-0.1, -0.05) is 12.1 Å². The van der Waals surface area contributed by atoms with Crippen molar-refractivity contribution in [3.63, 3.8) is 0 Å². The molecule has 0 saturated heterocycles. The molecule has 20 heavy (non-hydrogen) atoms. The van der Waals surface area contributed by atoms with E-state index in [4.69, 9.17) is 9.47 Å². The first-order chi connectivity index (χ1) is 9.47. The number of rotatable bonds is 8. The summed E-state index contributed by atoms with van der Waals surface area (Å²) in [6.07, 6.45) is 1.49. The SMILES string of the molecule is COCCOc1ccc(CNS(=O)(=O)C2(C)CC2)cc1. The molecule has 1 aromatic carbocycles. The molecule has 0 atom stereocenters. The van der Waals surface area contributed by atoms with Crippen molar-refractivity contribution < 1.29 is 17.9 Å². The minimum Gasteiger partial charge on any atom is -0.491 e. The second-order valence-electron chi connectivity index (χ2n) is 5.26. The summed E-state index contributed by atoms with van der Waals surface area (Å²) in [5.74, 6) is 0.753. The zero-order valence-electron chi connectivity index (χ0n) is 11.9. The molecule has 6 heteroatoms. The Morgan fingerprint density at radius 1 is 1.20 bits per heavy atom. The minimum absolute atomic E-state index is 0.316. The summed E-state index contributed by atoms with van der Waals surface area (Å²) < 4.78 is 36.4. The fourth-order valence-corrected chi connectivity index (χ4v) is 3.09. The normalized spacial score (nSPS) is 16.9. The molecule has 1 N–H and O–H groups in total. The summed E-state index contributed by atoms with van der Waals surface area (Å²) in [5, 5.41) is 0. The van der Waals surface area contributed by atoms with Crippen LogP contribution in [0.1, 0.15) is 25.3 Å². The Morgan fingerprint density at radius 3 is 2.40 bits per heavy atom. The monoisotopic (exact) mass is 299 g/mol. The van der Waals surface area contributed by atoms with E-state index in [0.717, 1.165) is 24.2 Å². The zero-order chi connectivity index (χ0) is 14.6.